The second kappa shape index (κ2) is 51.6. The van der Waals surface area contributed by atoms with Crippen LogP contribution in [0.5, 0.6) is 0 Å². The third-order valence-corrected chi connectivity index (χ3v) is 23.2. The maximum Gasteiger partial charge on any atom is 2.00 e. The van der Waals surface area contributed by atoms with Crippen molar-refractivity contribution in [2.75, 3.05) is 7.05 Å². The smallest absolute Gasteiger partial charge is 0.735 e. The van der Waals surface area contributed by atoms with Crippen LogP contribution in [0.25, 0.3) is 71.3 Å². The van der Waals surface area contributed by atoms with E-state index in [9.17, 15) is 90.5 Å². The molecule has 0 saturated heterocycles. The number of alkyl halides is 6. The van der Waals surface area contributed by atoms with Crippen molar-refractivity contribution in [3.05, 3.63) is 432 Å². The number of carboxylic acids is 3. The van der Waals surface area contributed by atoms with Crippen molar-refractivity contribution in [3.8, 4) is 56.3 Å². The van der Waals surface area contributed by atoms with Gasteiger partial charge >= 0.3 is 72.4 Å². The molecule has 1 amide bonds. The Labute approximate surface area is 930 Å². The van der Waals surface area contributed by atoms with Gasteiger partial charge in [-0.1, -0.05) is 123 Å². The Bertz CT molecular complexity index is 7440. The van der Waals surface area contributed by atoms with E-state index in [2.05, 4.69) is 136 Å². The third kappa shape index (κ3) is 28.9. The molecular formula is C109H82F14N13O8Pt5S-3. The number of pyridine rings is 10. The van der Waals surface area contributed by atoms with Gasteiger partial charge in [0.1, 0.15) is 23.0 Å². The van der Waals surface area contributed by atoms with Crippen LogP contribution < -0.4 is 0 Å². The predicted molar refractivity (Wildman–Crippen MR) is 511 cm³/mol. The van der Waals surface area contributed by atoms with Crippen molar-refractivity contribution in [1.82, 2.24) is 49.8 Å². The van der Waals surface area contributed by atoms with Gasteiger partial charge < -0.3 is 67.8 Å². The number of rotatable bonds is 20. The number of carbonyl (C=O) groups excluding carboxylic acids is 2. The number of benzene rings is 5. The first-order valence-corrected chi connectivity index (χ1v) is 43.7. The van der Waals surface area contributed by atoms with Gasteiger partial charge in [-0.2, -0.15) is 26.3 Å². The van der Waals surface area contributed by atoms with Crippen LogP contribution in [0, 0.1) is 90.0 Å². The van der Waals surface area contributed by atoms with Crippen LogP contribution in [0.4, 0.5) is 72.8 Å². The van der Waals surface area contributed by atoms with Crippen molar-refractivity contribution in [2.45, 2.75) is 135 Å². The Hall–Kier alpha value is -13.2. The summed E-state index contributed by atoms with van der Waals surface area (Å²) in [5.41, 5.74) is -2.61. The van der Waals surface area contributed by atoms with E-state index in [1.807, 2.05) is 71.9 Å². The van der Waals surface area contributed by atoms with Gasteiger partial charge in [0.05, 0.1) is 81.4 Å². The molecule has 0 spiro atoms. The SMILES string of the molecule is CC(C)(C)c1cc[c-]c(-c2cccc(C(C)(C)c3cccc(C(=O)O)n3)n2)c1.CC(C)(c1cccc(C(=O)O)n1)c1cccc(-c2[c-]cc(F)c(C(F)(F)F)c2F)n1.C[N-]C(=O)c1cccc(C(C)(C)c2cccc(-c3[c-]cc(F)c(C(F)(F)F)c3F)n2)n1.[C-]#[N+]c1c(F)c[c-]c(-c2cccc(C(C)(C)c3cccc(C(=O)O)n3)n2)c1F.[C-]#[N+]c1c(F)c[c-]c(-c2cccc(C(C)(C)c3cccc(C(=O)[S-])n3)n2)c1F.[Pt+2].[Pt+2].[Pt].[Pt].[Pt]. The Morgan fingerprint density at radius 1 is 0.327 bits per heavy atom. The van der Waals surface area contributed by atoms with Crippen molar-refractivity contribution in [3.63, 3.8) is 0 Å². The number of amides is 1. The molecule has 21 nitrogen and oxygen atoms in total. The molecule has 15 aromatic rings. The van der Waals surface area contributed by atoms with Crippen LogP contribution >= 0.6 is 0 Å². The molecule has 10 aromatic heterocycles. The summed E-state index contributed by atoms with van der Waals surface area (Å²) in [5, 5.41) is 30.6. The number of aromatic nitrogens is 10. The molecule has 788 valence electrons. The molecule has 15 rings (SSSR count). The fourth-order valence-corrected chi connectivity index (χ4v) is 14.5. The largest absolute Gasteiger partial charge is 2.00 e. The summed E-state index contributed by atoms with van der Waals surface area (Å²) < 4.78 is 191. The fraction of sp³-hybridized carbons (Fsp3) is 0.202. The van der Waals surface area contributed by atoms with Gasteiger partial charge in [0.2, 0.25) is 0 Å². The Balaban J connectivity index is 0.000000284. The van der Waals surface area contributed by atoms with E-state index in [1.54, 1.807) is 119 Å². The topological polar surface area (TPSA) is 298 Å². The van der Waals surface area contributed by atoms with Gasteiger partial charge in [-0.25, -0.2) is 29.3 Å². The van der Waals surface area contributed by atoms with Crippen LogP contribution in [0.1, 0.15) is 216 Å². The molecule has 0 saturated carbocycles. The standard InChI is InChI=1S/C24H25N2O2.C22H17F5N3O.C21H14F5N2O2.C21H14F2N3O2.C21H14F2N3OS.5Pt/c1-23(2,3)17-10-6-9-16(15-17)18-11-7-13-20(25-18)24(4,5)21-14-8-12-19(26-21)22(27)28;1-21(2,17-9-5-7-15(30-17)20(31)28-3)16-8-4-6-14(29-16)12-10-11-13(23)18(19(12)24)22(25,26)27;1-20(2,16-8-4-6-14(28-16)19(29)30)15-7-3-5-13(27-15)11-9-10-12(22)17(18(11)23)21(24,25)26;2*1-21(2,17-9-5-7-15(26-17)20(27)28)16-8-4-6-14(25-16)12-10-11-13(22)19(24-3)18(12)23;;;;;/h6-8,10-15H,1-5H3,(H,27,28);4-9,11H,1-3H3,(H,28,31);3-8,10H,1-2H3,(H,29,30);2*4-9,11H,1-2H3,(H,27,28);;;;;/q5*-1;;;;2*+2/p-2. The fourth-order valence-electron chi connectivity index (χ4n) is 14.4. The summed E-state index contributed by atoms with van der Waals surface area (Å²) in [6.07, 6.45) is -10.4. The second-order valence-corrected chi connectivity index (χ2v) is 36.0. The molecule has 41 heteroatoms. The minimum absolute atomic E-state index is 0. The number of nitrogens with zero attached hydrogens (tertiary/aromatic N) is 13. The van der Waals surface area contributed by atoms with Gasteiger partial charge in [-0.3, -0.25) is 54.8 Å². The van der Waals surface area contributed by atoms with Crippen LogP contribution in [-0.4, -0.2) is 101 Å². The Kier molecular flexibility index (Phi) is 43.1. The third-order valence-electron chi connectivity index (χ3n) is 23.0. The minimum atomic E-state index is -5.23. The van der Waals surface area contributed by atoms with Crippen LogP contribution in [0.15, 0.2) is 224 Å². The van der Waals surface area contributed by atoms with Gasteiger partial charge in [-0.15, -0.1) is 102 Å². The number of carboxylic acid groups (broad SMARTS) is 3. The van der Waals surface area contributed by atoms with Crippen molar-refractivity contribution in [2.24, 2.45) is 0 Å². The minimum Gasteiger partial charge on any atom is -0.735 e. The molecule has 0 unspecified atom stereocenters. The average molecular weight is 2980 g/mol. The summed E-state index contributed by atoms with van der Waals surface area (Å²) in [6.45, 7) is 38.6. The first-order chi connectivity index (χ1) is 68.0. The first kappa shape index (κ1) is 125. The van der Waals surface area contributed by atoms with E-state index in [1.165, 1.54) is 79.3 Å². The number of carbonyl (C=O) groups is 5. The summed E-state index contributed by atoms with van der Waals surface area (Å²) in [6, 6.07) is 69.7. The molecule has 0 aliphatic heterocycles. The second-order valence-electron chi connectivity index (χ2n) is 35.6. The van der Waals surface area contributed by atoms with Crippen molar-refractivity contribution >= 4 is 52.9 Å². The van der Waals surface area contributed by atoms with E-state index >= 15 is 0 Å². The van der Waals surface area contributed by atoms with E-state index < -0.39 is 149 Å². The summed E-state index contributed by atoms with van der Waals surface area (Å²) in [5.74, 6) is -15.0. The summed E-state index contributed by atoms with van der Waals surface area (Å²) in [4.78, 5) is 106. The Morgan fingerprint density at radius 3 is 0.820 bits per heavy atom. The van der Waals surface area contributed by atoms with E-state index in [0.717, 1.165) is 29.1 Å². The number of hydrogen-bond acceptors (Lipinski definition) is 16. The van der Waals surface area contributed by atoms with Crippen LogP contribution in [0.3, 0.4) is 0 Å². The number of halogens is 14. The molecule has 0 aliphatic carbocycles. The Morgan fingerprint density at radius 2 is 0.560 bits per heavy atom. The van der Waals surface area contributed by atoms with Gasteiger partial charge in [0, 0.05) is 153 Å². The molecule has 0 radical (unpaired) electrons. The molecule has 0 atom stereocenters. The van der Waals surface area contributed by atoms with E-state index in [0.29, 0.717) is 63.4 Å². The average Bonchev–Trinajstić information content (AvgIpc) is 0.769. The molecule has 5 aromatic carbocycles. The maximum absolute atomic E-state index is 14.6. The maximum atomic E-state index is 14.6. The number of hydrogen-bond donors (Lipinski definition) is 3. The number of aromatic carboxylic acids is 3. The summed E-state index contributed by atoms with van der Waals surface area (Å²) in [7, 11) is 1.34. The predicted octanol–water partition coefficient (Wildman–Crippen LogP) is 25.8. The van der Waals surface area contributed by atoms with E-state index in [4.69, 9.17) is 28.3 Å². The monoisotopic (exact) mass is 2970 g/mol. The van der Waals surface area contributed by atoms with E-state index in [-0.39, 0.29) is 173 Å². The molecular weight excluding hydrogens is 2890 g/mol. The van der Waals surface area contributed by atoms with Gasteiger partial charge in [-0.05, 0) is 194 Å². The van der Waals surface area contributed by atoms with Crippen LogP contribution in [-0.2, 0) is 163 Å². The van der Waals surface area contributed by atoms with Gasteiger partial charge in [0.15, 0.2) is 11.4 Å². The normalized spacial score (nSPS) is 11.3. The zero-order chi connectivity index (χ0) is 107. The molecule has 3 N–H and O–H groups in total. The first-order valence-electron chi connectivity index (χ1n) is 43.3. The molecule has 0 bridgehead atoms. The van der Waals surface area contributed by atoms with Crippen molar-refractivity contribution in [1.29, 1.82) is 0 Å². The summed E-state index contributed by atoms with van der Waals surface area (Å²) >= 11 is 4.66. The molecule has 10 heterocycles. The molecule has 0 fully saturated rings. The zero-order valence-electron chi connectivity index (χ0n) is 80.8. The van der Waals surface area contributed by atoms with Crippen molar-refractivity contribution < 1.29 is 206 Å². The molecule has 150 heavy (non-hydrogen) atoms. The molecule has 0 aliphatic rings. The zero-order valence-corrected chi connectivity index (χ0v) is 93.0. The van der Waals surface area contributed by atoms with Gasteiger partial charge in [0.25, 0.3) is 0 Å². The quantitative estimate of drug-likeness (QED) is 0.0363. The van der Waals surface area contributed by atoms with Crippen LogP contribution in [0.2, 0.25) is 0 Å².